The molecular weight excluding hydrogens is 245 g/mol. The van der Waals surface area contributed by atoms with Gasteiger partial charge in [0.25, 0.3) is 0 Å². The van der Waals surface area contributed by atoms with E-state index in [1.165, 1.54) is 4.46 Å². The van der Waals surface area contributed by atoms with Crippen LogP contribution in [0, 0.1) is 10.1 Å². The Labute approximate surface area is 89.8 Å². The molecule has 14 heavy (non-hydrogen) atoms. The fraction of sp³-hybridized carbons (Fsp3) is 0.400. The van der Waals surface area contributed by atoms with Crippen molar-refractivity contribution in [3.8, 4) is 0 Å². The Morgan fingerprint density at radius 1 is 1.21 bits per heavy atom. The Morgan fingerprint density at radius 2 is 1.93 bits per heavy atom. The maximum atomic E-state index is 10.0. The van der Waals surface area contributed by atoms with Crippen LogP contribution in [0.3, 0.4) is 0 Å². The number of hydrogen-bond acceptors (Lipinski definition) is 2. The molecule has 76 valence electrons. The second kappa shape index (κ2) is 6.57. The fourth-order valence-electron chi connectivity index (χ4n) is 1.05. The number of hydrogen-bond donors (Lipinski definition) is 0. The molecule has 3 nitrogen and oxygen atoms in total. The van der Waals surface area contributed by atoms with Gasteiger partial charge in [0, 0.05) is 0 Å². The first kappa shape index (κ1) is 11.2. The molecule has 0 aliphatic heterocycles. The van der Waals surface area contributed by atoms with E-state index >= 15 is 0 Å². The molecule has 1 aromatic rings. The first-order chi connectivity index (χ1) is 6.79. The predicted octanol–water partition coefficient (Wildman–Crippen LogP) is 1.49. The van der Waals surface area contributed by atoms with E-state index in [-0.39, 0.29) is 11.5 Å². The molecule has 0 spiro atoms. The molecule has 0 saturated heterocycles. The summed E-state index contributed by atoms with van der Waals surface area (Å²) in [5, 5.41) is 11.1. The molecule has 1 aromatic carbocycles. The van der Waals surface area contributed by atoms with E-state index in [0.29, 0.717) is 21.4 Å². The molecule has 0 atom stereocenters. The van der Waals surface area contributed by atoms with Gasteiger partial charge in [-0.15, -0.1) is 0 Å². The Morgan fingerprint density at radius 3 is 2.57 bits per heavy atom. The summed E-state index contributed by atoms with van der Waals surface area (Å²) in [5.41, 5.74) is 0. The van der Waals surface area contributed by atoms with Crippen molar-refractivity contribution in [2.24, 2.45) is 0 Å². The molecule has 0 amide bonds. The number of nitrogens with zero attached hydrogens (tertiary/aromatic N) is 1. The third-order valence-electron chi connectivity index (χ3n) is 1.75. The molecule has 0 aliphatic carbocycles. The molecule has 1 rings (SSSR count). The van der Waals surface area contributed by atoms with Crippen LogP contribution in [0.5, 0.6) is 0 Å². The van der Waals surface area contributed by atoms with E-state index in [2.05, 4.69) is 12.1 Å². The van der Waals surface area contributed by atoms with Gasteiger partial charge < -0.3 is 0 Å². The van der Waals surface area contributed by atoms with Crippen molar-refractivity contribution in [1.29, 1.82) is 0 Å². The Balaban J connectivity index is 2.08. The van der Waals surface area contributed by atoms with Crippen LogP contribution >= 0.6 is 0 Å². The Hall–Kier alpha value is -0.861. The summed E-state index contributed by atoms with van der Waals surface area (Å²) < 4.78 is 1.38. The van der Waals surface area contributed by atoms with Crippen molar-refractivity contribution >= 4 is 19.4 Å². The monoisotopic (exact) mass is 259 g/mol. The molecule has 4 heteroatoms. The minimum atomic E-state index is -0.241. The minimum absolute atomic E-state index is 0.116. The maximum absolute atomic E-state index is 10.0. The van der Waals surface area contributed by atoms with Crippen molar-refractivity contribution in [1.82, 2.24) is 0 Å². The van der Waals surface area contributed by atoms with Crippen molar-refractivity contribution in [2.75, 3.05) is 6.54 Å². The van der Waals surface area contributed by atoms with Crippen LogP contribution in [0.1, 0.15) is 12.8 Å². The molecule has 0 bridgehead atoms. The average Bonchev–Trinajstić information content (AvgIpc) is 2.18. The summed E-state index contributed by atoms with van der Waals surface area (Å²) in [4.78, 5) is 9.80. The molecule has 0 unspecified atom stereocenters. The Kier molecular flexibility index (Phi) is 5.27. The quantitative estimate of drug-likeness (QED) is 0.336. The van der Waals surface area contributed by atoms with Crippen LogP contribution in [0.2, 0.25) is 5.32 Å². The van der Waals surface area contributed by atoms with Crippen molar-refractivity contribution in [3.05, 3.63) is 40.4 Å². The van der Waals surface area contributed by atoms with Gasteiger partial charge in [0.05, 0.1) is 0 Å². The molecule has 0 saturated carbocycles. The predicted molar refractivity (Wildman–Crippen MR) is 57.7 cm³/mol. The second-order valence-corrected chi connectivity index (χ2v) is 5.38. The van der Waals surface area contributed by atoms with Crippen LogP contribution in [0.4, 0.5) is 0 Å². The normalized spacial score (nSPS) is 10.0. The van der Waals surface area contributed by atoms with E-state index in [1.54, 1.807) is 0 Å². The zero-order chi connectivity index (χ0) is 10.2. The van der Waals surface area contributed by atoms with Gasteiger partial charge in [0.1, 0.15) is 0 Å². The zero-order valence-corrected chi connectivity index (χ0v) is 9.60. The second-order valence-electron chi connectivity index (χ2n) is 2.92. The topological polar surface area (TPSA) is 43.1 Å². The Bertz CT molecular complexity index is 277. The number of rotatable bonds is 6. The van der Waals surface area contributed by atoms with Crippen molar-refractivity contribution < 1.29 is 4.92 Å². The molecule has 0 fully saturated rings. The number of benzene rings is 1. The van der Waals surface area contributed by atoms with Gasteiger partial charge in [-0.1, -0.05) is 0 Å². The van der Waals surface area contributed by atoms with Crippen LogP contribution in [-0.4, -0.2) is 26.4 Å². The van der Waals surface area contributed by atoms with Crippen LogP contribution < -0.4 is 4.46 Å². The summed E-state index contributed by atoms with van der Waals surface area (Å²) in [6.45, 7) is 0.116. The van der Waals surface area contributed by atoms with E-state index < -0.39 is 0 Å². The number of nitro groups is 1. The van der Waals surface area contributed by atoms with Crippen LogP contribution in [0.25, 0.3) is 0 Å². The summed E-state index contributed by atoms with van der Waals surface area (Å²) >= 11 is 0.484. The molecule has 0 aliphatic rings. The first-order valence-corrected chi connectivity index (χ1v) is 6.65. The van der Waals surface area contributed by atoms with Gasteiger partial charge in [0.15, 0.2) is 0 Å². The van der Waals surface area contributed by atoms with Crippen LogP contribution in [0.15, 0.2) is 30.3 Å². The number of unbranched alkanes of at least 4 members (excludes halogenated alkanes) is 1. The zero-order valence-electron chi connectivity index (χ0n) is 7.89. The van der Waals surface area contributed by atoms with E-state index in [4.69, 9.17) is 0 Å². The third kappa shape index (κ3) is 5.00. The summed E-state index contributed by atoms with van der Waals surface area (Å²) in [7, 11) is 0. The van der Waals surface area contributed by atoms with Gasteiger partial charge >= 0.3 is 89.5 Å². The summed E-state index contributed by atoms with van der Waals surface area (Å²) in [5.74, 6) is 0. The van der Waals surface area contributed by atoms with E-state index in [1.807, 2.05) is 18.2 Å². The molecule has 0 heterocycles. The standard InChI is InChI=1S/C10H13NO2Se/c12-11(13)8-4-5-9-14-10-6-2-1-3-7-10/h1-3,6-7H,4-5,8-9H2. The van der Waals surface area contributed by atoms with Crippen LogP contribution in [-0.2, 0) is 0 Å². The fourth-order valence-corrected chi connectivity index (χ4v) is 3.01. The molecular formula is C10H13NO2Se. The van der Waals surface area contributed by atoms with Gasteiger partial charge in [-0.3, -0.25) is 0 Å². The van der Waals surface area contributed by atoms with Gasteiger partial charge in [-0.05, 0) is 0 Å². The molecule has 0 radical (unpaired) electrons. The van der Waals surface area contributed by atoms with E-state index in [9.17, 15) is 10.1 Å². The third-order valence-corrected chi connectivity index (χ3v) is 4.05. The summed E-state index contributed by atoms with van der Waals surface area (Å²) in [6, 6.07) is 10.3. The average molecular weight is 258 g/mol. The summed E-state index contributed by atoms with van der Waals surface area (Å²) in [6.07, 6.45) is 1.68. The van der Waals surface area contributed by atoms with Gasteiger partial charge in [-0.25, -0.2) is 0 Å². The van der Waals surface area contributed by atoms with Gasteiger partial charge in [-0.2, -0.15) is 0 Å². The van der Waals surface area contributed by atoms with Gasteiger partial charge in [0.2, 0.25) is 0 Å². The van der Waals surface area contributed by atoms with Crippen molar-refractivity contribution in [2.45, 2.75) is 18.2 Å². The SMILES string of the molecule is O=[N+]([O-])CCCC[Se]c1ccccc1. The van der Waals surface area contributed by atoms with E-state index in [0.717, 1.165) is 11.7 Å². The molecule has 0 N–H and O–H groups in total. The molecule has 0 aromatic heterocycles. The first-order valence-electron chi connectivity index (χ1n) is 4.58. The van der Waals surface area contributed by atoms with Crippen molar-refractivity contribution in [3.63, 3.8) is 0 Å².